The predicted molar refractivity (Wildman–Crippen MR) is 112 cm³/mol. The van der Waals surface area contributed by atoms with Crippen LogP contribution in [0.15, 0.2) is 77.6 Å². The Morgan fingerprint density at radius 1 is 0.967 bits per heavy atom. The minimum Gasteiger partial charge on any atom is -0.497 e. The van der Waals surface area contributed by atoms with Gasteiger partial charge in [0.25, 0.3) is 0 Å². The van der Waals surface area contributed by atoms with Gasteiger partial charge in [-0.2, -0.15) is 4.52 Å². The van der Waals surface area contributed by atoms with Crippen molar-refractivity contribution in [2.24, 2.45) is 0 Å². The topological polar surface area (TPSA) is 61.4 Å². The maximum absolute atomic E-state index is 13.3. The van der Waals surface area contributed by atoms with Crippen LogP contribution in [0.25, 0.3) is 27.9 Å². The number of ether oxygens (including phenoxy) is 1. The Morgan fingerprint density at radius 2 is 1.70 bits per heavy atom. The van der Waals surface area contributed by atoms with Crippen molar-refractivity contribution in [1.82, 2.24) is 19.2 Å². The van der Waals surface area contributed by atoms with Gasteiger partial charge in [-0.3, -0.25) is 4.57 Å². The molecule has 0 fully saturated rings. The Labute approximate surface area is 170 Å². The second-order valence-corrected chi connectivity index (χ2v) is 6.91. The first-order valence-electron chi connectivity index (χ1n) is 9.41. The van der Waals surface area contributed by atoms with Gasteiger partial charge >= 0.3 is 5.69 Å². The lowest BCUT2D eigenvalue weighted by atomic mass is 10.2. The lowest BCUT2D eigenvalue weighted by Gasteiger charge is -2.11. The number of fused-ring (bicyclic) bond motifs is 3. The van der Waals surface area contributed by atoms with Gasteiger partial charge in [-0.15, -0.1) is 5.10 Å². The molecule has 0 N–H and O–H groups in total. The van der Waals surface area contributed by atoms with Gasteiger partial charge in [-0.25, -0.2) is 14.2 Å². The summed E-state index contributed by atoms with van der Waals surface area (Å²) < 4.78 is 21.4. The summed E-state index contributed by atoms with van der Waals surface area (Å²) in [5.74, 6) is 0.876. The molecule has 148 valence electrons. The van der Waals surface area contributed by atoms with Crippen LogP contribution in [-0.2, 0) is 6.54 Å². The molecule has 5 aromatic rings. The van der Waals surface area contributed by atoms with Gasteiger partial charge in [-0.1, -0.05) is 24.3 Å². The minimum absolute atomic E-state index is 0.299. The Hall–Kier alpha value is -4.00. The average molecular weight is 400 g/mol. The molecule has 6 nitrogen and oxygen atoms in total. The van der Waals surface area contributed by atoms with Crippen LogP contribution < -0.4 is 10.4 Å². The van der Waals surface area contributed by atoms with E-state index in [4.69, 9.17) is 4.74 Å². The standard InChI is InChI=1S/C23H17FN4O2/c1-30-18-12-8-16(9-13-18)21-25-22-19-4-2-3-5-20(19)27(23(29)28(22)26-21)14-15-6-10-17(24)11-7-15/h2-13H,14H2,1H3. The maximum atomic E-state index is 13.3. The highest BCUT2D eigenvalue weighted by molar-refractivity contribution is 5.92. The number of rotatable bonds is 4. The highest BCUT2D eigenvalue weighted by atomic mass is 19.1. The third-order valence-electron chi connectivity index (χ3n) is 5.06. The summed E-state index contributed by atoms with van der Waals surface area (Å²) in [5, 5.41) is 5.29. The molecule has 3 aromatic carbocycles. The summed E-state index contributed by atoms with van der Waals surface area (Å²) in [6.07, 6.45) is 0. The second kappa shape index (κ2) is 7.11. The molecule has 2 heterocycles. The lowest BCUT2D eigenvalue weighted by molar-refractivity contribution is 0.415. The van der Waals surface area contributed by atoms with Crippen molar-refractivity contribution in [2.75, 3.05) is 7.11 Å². The van der Waals surface area contributed by atoms with Crippen LogP contribution in [0.2, 0.25) is 0 Å². The molecule has 0 spiro atoms. The van der Waals surface area contributed by atoms with E-state index in [9.17, 15) is 9.18 Å². The zero-order valence-corrected chi connectivity index (χ0v) is 16.1. The first-order chi connectivity index (χ1) is 14.6. The zero-order valence-electron chi connectivity index (χ0n) is 16.1. The fourth-order valence-electron chi connectivity index (χ4n) is 3.52. The zero-order chi connectivity index (χ0) is 20.7. The molecule has 0 aliphatic rings. The van der Waals surface area contributed by atoms with Crippen molar-refractivity contribution >= 4 is 16.6 Å². The first-order valence-corrected chi connectivity index (χ1v) is 9.41. The molecule has 7 heteroatoms. The van der Waals surface area contributed by atoms with Gasteiger partial charge in [0.05, 0.1) is 19.2 Å². The van der Waals surface area contributed by atoms with E-state index in [2.05, 4.69) is 10.1 Å². The molecular weight excluding hydrogens is 383 g/mol. The first kappa shape index (κ1) is 18.1. The van der Waals surface area contributed by atoms with Gasteiger partial charge in [0.1, 0.15) is 11.6 Å². The SMILES string of the molecule is COc1ccc(-c2nc3c4ccccc4n(Cc4ccc(F)cc4)c(=O)n3n2)cc1. The number of nitrogens with zero attached hydrogens (tertiary/aromatic N) is 4. The van der Waals surface area contributed by atoms with Crippen LogP contribution in [0.4, 0.5) is 4.39 Å². The maximum Gasteiger partial charge on any atom is 0.351 e. The van der Waals surface area contributed by atoms with Crippen molar-refractivity contribution in [3.05, 3.63) is 94.7 Å². The fraction of sp³-hybridized carbons (Fsp3) is 0.0870. The van der Waals surface area contributed by atoms with Crippen LogP contribution in [0.3, 0.4) is 0 Å². The van der Waals surface area contributed by atoms with E-state index in [0.29, 0.717) is 18.0 Å². The molecular formula is C23H17FN4O2. The summed E-state index contributed by atoms with van der Waals surface area (Å²) in [4.78, 5) is 17.9. The molecule has 0 saturated heterocycles. The van der Waals surface area contributed by atoms with Crippen molar-refractivity contribution in [3.8, 4) is 17.1 Å². The summed E-state index contributed by atoms with van der Waals surface area (Å²) >= 11 is 0. The number of methoxy groups -OCH3 is 1. The van der Waals surface area contributed by atoms with Crippen molar-refractivity contribution in [2.45, 2.75) is 6.54 Å². The lowest BCUT2D eigenvalue weighted by Crippen LogP contribution is -2.28. The molecule has 0 aliphatic heterocycles. The Kier molecular flexibility index (Phi) is 4.28. The third kappa shape index (κ3) is 3.00. The molecule has 0 bridgehead atoms. The molecule has 5 rings (SSSR count). The number of hydrogen-bond donors (Lipinski definition) is 0. The van der Waals surface area contributed by atoms with E-state index in [1.165, 1.54) is 16.6 Å². The summed E-state index contributed by atoms with van der Waals surface area (Å²) in [6, 6.07) is 21.0. The fourth-order valence-corrected chi connectivity index (χ4v) is 3.52. The molecule has 0 amide bonds. The van der Waals surface area contributed by atoms with E-state index in [1.807, 2.05) is 48.5 Å². The Morgan fingerprint density at radius 3 is 2.43 bits per heavy atom. The molecule has 0 radical (unpaired) electrons. The van der Waals surface area contributed by atoms with Crippen LogP contribution in [-0.4, -0.2) is 26.3 Å². The number of aromatic nitrogens is 4. The third-order valence-corrected chi connectivity index (χ3v) is 5.06. The molecule has 0 aliphatic carbocycles. The summed E-state index contributed by atoms with van der Waals surface area (Å²) in [6.45, 7) is 0.299. The van der Waals surface area contributed by atoms with Crippen molar-refractivity contribution in [1.29, 1.82) is 0 Å². The monoisotopic (exact) mass is 400 g/mol. The Bertz CT molecular complexity index is 1420. The molecule has 30 heavy (non-hydrogen) atoms. The average Bonchev–Trinajstić information content (AvgIpc) is 3.24. The van der Waals surface area contributed by atoms with Crippen LogP contribution in [0.5, 0.6) is 5.75 Å². The van der Waals surface area contributed by atoms with Crippen LogP contribution >= 0.6 is 0 Å². The number of para-hydroxylation sites is 1. The number of halogens is 1. The van der Waals surface area contributed by atoms with Gasteiger partial charge in [0.15, 0.2) is 11.5 Å². The highest BCUT2D eigenvalue weighted by Gasteiger charge is 2.16. The van der Waals surface area contributed by atoms with Crippen LogP contribution in [0, 0.1) is 5.82 Å². The minimum atomic E-state index is -0.313. The van der Waals surface area contributed by atoms with Crippen LogP contribution in [0.1, 0.15) is 5.56 Å². The van der Waals surface area contributed by atoms with Crippen molar-refractivity contribution in [3.63, 3.8) is 0 Å². The quantitative estimate of drug-likeness (QED) is 0.459. The van der Waals surface area contributed by atoms with E-state index < -0.39 is 0 Å². The summed E-state index contributed by atoms with van der Waals surface area (Å²) in [5.41, 5.74) is 2.54. The van der Waals surface area contributed by atoms with Gasteiger partial charge in [0.2, 0.25) is 0 Å². The Balaban J connectivity index is 1.71. The van der Waals surface area contributed by atoms with E-state index in [0.717, 1.165) is 27.8 Å². The van der Waals surface area contributed by atoms with Gasteiger partial charge < -0.3 is 4.74 Å². The molecule has 0 saturated carbocycles. The molecule has 0 unspecified atom stereocenters. The van der Waals surface area contributed by atoms with Crippen molar-refractivity contribution < 1.29 is 9.13 Å². The predicted octanol–water partition coefficient (Wildman–Crippen LogP) is 3.91. The molecule has 0 atom stereocenters. The number of benzene rings is 3. The normalized spacial score (nSPS) is 11.3. The largest absolute Gasteiger partial charge is 0.497 e. The van der Waals surface area contributed by atoms with E-state index in [-0.39, 0.29) is 11.5 Å². The smallest absolute Gasteiger partial charge is 0.351 e. The highest BCUT2D eigenvalue weighted by Crippen LogP contribution is 2.23. The van der Waals surface area contributed by atoms with E-state index in [1.54, 1.807) is 23.8 Å². The van der Waals surface area contributed by atoms with Gasteiger partial charge in [0, 0.05) is 10.9 Å². The summed E-state index contributed by atoms with van der Waals surface area (Å²) in [7, 11) is 1.61. The second-order valence-electron chi connectivity index (χ2n) is 6.91. The van der Waals surface area contributed by atoms with Gasteiger partial charge in [-0.05, 0) is 54.1 Å². The van der Waals surface area contributed by atoms with E-state index >= 15 is 0 Å². The number of hydrogen-bond acceptors (Lipinski definition) is 4. The molecule has 2 aromatic heterocycles.